The fourth-order valence-corrected chi connectivity index (χ4v) is 2.67. The average Bonchev–Trinajstić information content (AvgIpc) is 3.10. The van der Waals surface area contributed by atoms with Gasteiger partial charge in [-0.15, -0.1) is 0 Å². The number of aromatic amines is 1. The maximum atomic E-state index is 13.0. The molecule has 1 aromatic carbocycles. The van der Waals surface area contributed by atoms with Crippen molar-refractivity contribution in [1.82, 2.24) is 24.1 Å². The molecule has 3 aromatic heterocycles. The van der Waals surface area contributed by atoms with E-state index in [9.17, 15) is 9.59 Å². The van der Waals surface area contributed by atoms with E-state index in [1.54, 1.807) is 36.7 Å². The third-order valence-corrected chi connectivity index (χ3v) is 3.82. The summed E-state index contributed by atoms with van der Waals surface area (Å²) in [6.45, 7) is 0.169. The van der Waals surface area contributed by atoms with Gasteiger partial charge in [-0.25, -0.2) is 14.3 Å². The van der Waals surface area contributed by atoms with Crippen molar-refractivity contribution in [2.24, 2.45) is 0 Å². The number of H-pyrrole nitrogens is 1. The van der Waals surface area contributed by atoms with E-state index in [1.165, 1.54) is 15.5 Å². The van der Waals surface area contributed by atoms with E-state index in [2.05, 4.69) is 15.0 Å². The number of nitrogens with one attached hydrogen (secondary N) is 1. The first-order chi connectivity index (χ1) is 11.8. The molecule has 0 fully saturated rings. The van der Waals surface area contributed by atoms with Crippen molar-refractivity contribution in [2.45, 2.75) is 6.54 Å². The first kappa shape index (κ1) is 14.1. The van der Waals surface area contributed by atoms with Gasteiger partial charge in [-0.05, 0) is 29.8 Å². The SMILES string of the molecule is O=c1c2[nH]cnc2n(-c2ccccc2)c(=O)n1Cc1ccncc1. The number of hydrogen-bond donors (Lipinski definition) is 1. The Morgan fingerprint density at radius 1 is 1.00 bits per heavy atom. The van der Waals surface area contributed by atoms with Gasteiger partial charge in [0, 0.05) is 12.4 Å². The van der Waals surface area contributed by atoms with Crippen LogP contribution < -0.4 is 11.2 Å². The third-order valence-electron chi connectivity index (χ3n) is 3.82. The molecule has 0 aliphatic heterocycles. The maximum absolute atomic E-state index is 13.0. The zero-order valence-corrected chi connectivity index (χ0v) is 12.6. The second-order valence-electron chi connectivity index (χ2n) is 5.30. The lowest BCUT2D eigenvalue weighted by Gasteiger charge is -2.11. The van der Waals surface area contributed by atoms with Gasteiger partial charge in [-0.1, -0.05) is 18.2 Å². The molecule has 4 rings (SSSR count). The Morgan fingerprint density at radius 2 is 1.75 bits per heavy atom. The molecule has 0 aliphatic rings. The molecule has 3 heterocycles. The molecule has 0 unspecified atom stereocenters. The second-order valence-corrected chi connectivity index (χ2v) is 5.30. The Labute approximate surface area is 135 Å². The summed E-state index contributed by atoms with van der Waals surface area (Å²) >= 11 is 0. The fraction of sp³-hybridized carbons (Fsp3) is 0.0588. The zero-order chi connectivity index (χ0) is 16.5. The van der Waals surface area contributed by atoms with Crippen LogP contribution in [0.4, 0.5) is 0 Å². The Morgan fingerprint density at radius 3 is 2.50 bits per heavy atom. The first-order valence-electron chi connectivity index (χ1n) is 7.39. The Balaban J connectivity index is 2.01. The third kappa shape index (κ3) is 2.23. The molecule has 0 saturated heterocycles. The molecule has 7 heteroatoms. The predicted octanol–water partition coefficient (Wildman–Crippen LogP) is 1.32. The highest BCUT2D eigenvalue weighted by molar-refractivity contribution is 5.71. The van der Waals surface area contributed by atoms with E-state index in [4.69, 9.17) is 0 Å². The lowest BCUT2D eigenvalue weighted by molar-refractivity contribution is 0.682. The quantitative estimate of drug-likeness (QED) is 0.617. The molecular formula is C17H13N5O2. The molecule has 118 valence electrons. The van der Waals surface area contributed by atoms with Gasteiger partial charge in [0.05, 0.1) is 18.6 Å². The summed E-state index contributed by atoms with van der Waals surface area (Å²) in [5.41, 5.74) is 1.28. The summed E-state index contributed by atoms with van der Waals surface area (Å²) in [6.07, 6.45) is 4.68. The van der Waals surface area contributed by atoms with Crippen molar-refractivity contribution < 1.29 is 0 Å². The zero-order valence-electron chi connectivity index (χ0n) is 12.6. The summed E-state index contributed by atoms with van der Waals surface area (Å²) in [6, 6.07) is 12.7. The van der Waals surface area contributed by atoms with Crippen molar-refractivity contribution in [3.8, 4) is 5.69 Å². The highest BCUT2D eigenvalue weighted by Crippen LogP contribution is 2.10. The van der Waals surface area contributed by atoms with E-state index < -0.39 is 11.2 Å². The number of imidazole rings is 1. The molecule has 1 N–H and O–H groups in total. The number of para-hydroxylation sites is 1. The Hall–Kier alpha value is -3.48. The molecule has 0 aliphatic carbocycles. The molecule has 0 bridgehead atoms. The van der Waals surface area contributed by atoms with Crippen LogP contribution in [0.15, 0.2) is 70.8 Å². The van der Waals surface area contributed by atoms with Crippen LogP contribution in [0, 0.1) is 0 Å². The van der Waals surface area contributed by atoms with E-state index in [1.807, 2.05) is 18.2 Å². The van der Waals surface area contributed by atoms with E-state index in [0.717, 1.165) is 5.56 Å². The van der Waals surface area contributed by atoms with Gasteiger partial charge in [0.2, 0.25) is 0 Å². The van der Waals surface area contributed by atoms with Crippen LogP contribution in [0.5, 0.6) is 0 Å². The van der Waals surface area contributed by atoms with Gasteiger partial charge in [0.25, 0.3) is 5.56 Å². The van der Waals surface area contributed by atoms with E-state index >= 15 is 0 Å². The topological polar surface area (TPSA) is 85.6 Å². The second kappa shape index (κ2) is 5.62. The molecule has 0 saturated carbocycles. The minimum atomic E-state index is -0.428. The number of rotatable bonds is 3. The standard InChI is InChI=1S/C17H13N5O2/c23-16-14-15(20-11-19-14)22(13-4-2-1-3-5-13)17(24)21(16)10-12-6-8-18-9-7-12/h1-9,11H,10H2,(H,19,20). The Kier molecular flexibility index (Phi) is 3.31. The number of nitrogens with zero attached hydrogens (tertiary/aromatic N) is 4. The fourth-order valence-electron chi connectivity index (χ4n) is 2.67. The number of aromatic nitrogens is 5. The molecule has 0 atom stereocenters. The van der Waals surface area contributed by atoms with E-state index in [-0.39, 0.29) is 6.54 Å². The minimum absolute atomic E-state index is 0.169. The minimum Gasteiger partial charge on any atom is -0.339 e. The van der Waals surface area contributed by atoms with Crippen LogP contribution in [0.2, 0.25) is 0 Å². The van der Waals surface area contributed by atoms with Crippen LogP contribution in [0.3, 0.4) is 0 Å². The molecule has 7 nitrogen and oxygen atoms in total. The lowest BCUT2D eigenvalue weighted by Crippen LogP contribution is -2.39. The van der Waals surface area contributed by atoms with Crippen molar-refractivity contribution >= 4 is 11.2 Å². The lowest BCUT2D eigenvalue weighted by atomic mass is 10.2. The molecular weight excluding hydrogens is 306 g/mol. The smallest absolute Gasteiger partial charge is 0.337 e. The summed E-state index contributed by atoms with van der Waals surface area (Å²) < 4.78 is 2.64. The van der Waals surface area contributed by atoms with Gasteiger partial charge in [0.15, 0.2) is 5.65 Å². The molecule has 4 aromatic rings. The van der Waals surface area contributed by atoms with Gasteiger partial charge in [-0.2, -0.15) is 0 Å². The number of fused-ring (bicyclic) bond motifs is 1. The van der Waals surface area contributed by atoms with Crippen molar-refractivity contribution in [3.05, 3.63) is 87.6 Å². The van der Waals surface area contributed by atoms with Gasteiger partial charge >= 0.3 is 5.69 Å². The summed E-state index contributed by atoms with van der Waals surface area (Å²) in [7, 11) is 0. The number of benzene rings is 1. The van der Waals surface area contributed by atoms with Crippen LogP contribution in [-0.2, 0) is 6.54 Å². The molecule has 24 heavy (non-hydrogen) atoms. The van der Waals surface area contributed by atoms with Crippen molar-refractivity contribution in [3.63, 3.8) is 0 Å². The van der Waals surface area contributed by atoms with Crippen LogP contribution in [-0.4, -0.2) is 24.1 Å². The monoisotopic (exact) mass is 319 g/mol. The highest BCUT2D eigenvalue weighted by Gasteiger charge is 2.16. The van der Waals surface area contributed by atoms with E-state index in [0.29, 0.717) is 16.9 Å². The highest BCUT2D eigenvalue weighted by atomic mass is 16.2. The summed E-state index contributed by atoms with van der Waals surface area (Å²) in [4.78, 5) is 36.6. The predicted molar refractivity (Wildman–Crippen MR) is 89.3 cm³/mol. The van der Waals surface area contributed by atoms with Gasteiger partial charge < -0.3 is 4.98 Å². The van der Waals surface area contributed by atoms with Crippen molar-refractivity contribution in [1.29, 1.82) is 0 Å². The van der Waals surface area contributed by atoms with Crippen LogP contribution in [0.25, 0.3) is 16.9 Å². The normalized spacial score (nSPS) is 11.0. The average molecular weight is 319 g/mol. The van der Waals surface area contributed by atoms with Gasteiger partial charge in [0.1, 0.15) is 5.52 Å². The first-order valence-corrected chi connectivity index (χ1v) is 7.39. The number of hydrogen-bond acceptors (Lipinski definition) is 4. The molecule has 0 spiro atoms. The van der Waals surface area contributed by atoms with Crippen LogP contribution in [0.1, 0.15) is 5.56 Å². The molecule has 0 radical (unpaired) electrons. The van der Waals surface area contributed by atoms with Crippen molar-refractivity contribution in [2.75, 3.05) is 0 Å². The van der Waals surface area contributed by atoms with Crippen LogP contribution >= 0.6 is 0 Å². The number of pyridine rings is 1. The Bertz CT molecular complexity index is 1110. The maximum Gasteiger partial charge on any atom is 0.337 e. The molecule has 0 amide bonds. The summed E-state index contributed by atoms with van der Waals surface area (Å²) in [5, 5.41) is 0. The van der Waals surface area contributed by atoms with Gasteiger partial charge in [-0.3, -0.25) is 14.3 Å². The largest absolute Gasteiger partial charge is 0.339 e. The summed E-state index contributed by atoms with van der Waals surface area (Å²) in [5.74, 6) is 0.